The number of amides is 2. The molecule has 82 valence electrons. The summed E-state index contributed by atoms with van der Waals surface area (Å²) in [6.45, 7) is 1.87. The quantitative estimate of drug-likeness (QED) is 0.597. The van der Waals surface area contributed by atoms with Crippen LogP contribution in [0.5, 0.6) is 0 Å². The van der Waals surface area contributed by atoms with E-state index in [0.717, 1.165) is 0 Å². The van der Waals surface area contributed by atoms with Crippen LogP contribution >= 0.6 is 0 Å². The van der Waals surface area contributed by atoms with Crippen LogP contribution in [0.15, 0.2) is 0 Å². The SMILES string of the molecule is COC(C)CC(CC(N)=O)CC(N)=O. The molecule has 14 heavy (non-hydrogen) atoms. The van der Waals surface area contributed by atoms with E-state index < -0.39 is 11.8 Å². The van der Waals surface area contributed by atoms with Crippen molar-refractivity contribution in [2.45, 2.75) is 32.3 Å². The Bertz CT molecular complexity index is 190. The highest BCUT2D eigenvalue weighted by molar-refractivity contribution is 5.77. The molecule has 0 bridgehead atoms. The first-order chi connectivity index (χ1) is 6.45. The van der Waals surface area contributed by atoms with Crippen molar-refractivity contribution in [3.05, 3.63) is 0 Å². The molecule has 4 N–H and O–H groups in total. The number of rotatable bonds is 7. The van der Waals surface area contributed by atoms with Gasteiger partial charge in [0.25, 0.3) is 0 Å². The topological polar surface area (TPSA) is 95.4 Å². The van der Waals surface area contributed by atoms with Gasteiger partial charge in [0, 0.05) is 20.0 Å². The van der Waals surface area contributed by atoms with Crippen LogP contribution < -0.4 is 11.5 Å². The van der Waals surface area contributed by atoms with Crippen LogP contribution in [-0.2, 0) is 14.3 Å². The third-order valence-corrected chi connectivity index (χ3v) is 2.05. The molecule has 0 aliphatic rings. The summed E-state index contributed by atoms with van der Waals surface area (Å²) in [6.07, 6.45) is 0.967. The standard InChI is InChI=1S/C9H18N2O3/c1-6(14-2)3-7(4-8(10)12)5-9(11)13/h6-7H,3-5H2,1-2H3,(H2,10,12)(H2,11,13). The molecule has 0 spiro atoms. The molecule has 1 unspecified atom stereocenters. The third kappa shape index (κ3) is 6.42. The minimum atomic E-state index is -0.417. The number of methoxy groups -OCH3 is 1. The molecule has 0 aliphatic heterocycles. The van der Waals surface area contributed by atoms with Gasteiger partial charge in [0.05, 0.1) is 6.10 Å². The number of ether oxygens (including phenoxy) is 1. The van der Waals surface area contributed by atoms with Crippen molar-refractivity contribution in [1.82, 2.24) is 0 Å². The molecule has 0 saturated carbocycles. The van der Waals surface area contributed by atoms with Gasteiger partial charge in [-0.05, 0) is 19.3 Å². The van der Waals surface area contributed by atoms with Crippen LogP contribution in [0.4, 0.5) is 0 Å². The summed E-state index contributed by atoms with van der Waals surface area (Å²) in [5, 5.41) is 0. The van der Waals surface area contributed by atoms with Gasteiger partial charge in [-0.1, -0.05) is 0 Å². The first-order valence-corrected chi connectivity index (χ1v) is 4.55. The van der Waals surface area contributed by atoms with E-state index in [9.17, 15) is 9.59 Å². The highest BCUT2D eigenvalue weighted by Crippen LogP contribution is 2.16. The predicted molar refractivity (Wildman–Crippen MR) is 52.2 cm³/mol. The monoisotopic (exact) mass is 202 g/mol. The smallest absolute Gasteiger partial charge is 0.217 e. The van der Waals surface area contributed by atoms with Crippen LogP contribution in [0.2, 0.25) is 0 Å². The number of carbonyl (C=O) groups excluding carboxylic acids is 2. The Labute approximate surface area is 83.8 Å². The molecule has 0 aromatic carbocycles. The second-order valence-electron chi connectivity index (χ2n) is 3.49. The van der Waals surface area contributed by atoms with Crippen molar-refractivity contribution in [1.29, 1.82) is 0 Å². The molecule has 0 aromatic heterocycles. The highest BCUT2D eigenvalue weighted by atomic mass is 16.5. The molecule has 2 amide bonds. The van der Waals surface area contributed by atoms with Gasteiger partial charge in [0.1, 0.15) is 0 Å². The molecular formula is C9H18N2O3. The summed E-state index contributed by atoms with van der Waals surface area (Å²) in [6, 6.07) is 0. The molecular weight excluding hydrogens is 184 g/mol. The Morgan fingerprint density at radius 3 is 1.93 bits per heavy atom. The van der Waals surface area contributed by atoms with Crippen molar-refractivity contribution >= 4 is 11.8 Å². The molecule has 0 aromatic rings. The van der Waals surface area contributed by atoms with E-state index in [-0.39, 0.29) is 24.9 Å². The summed E-state index contributed by atoms with van der Waals surface area (Å²) in [7, 11) is 1.58. The fourth-order valence-corrected chi connectivity index (χ4v) is 1.37. The Morgan fingerprint density at radius 2 is 1.64 bits per heavy atom. The van der Waals surface area contributed by atoms with E-state index in [1.807, 2.05) is 6.92 Å². The van der Waals surface area contributed by atoms with Crippen molar-refractivity contribution in [2.75, 3.05) is 7.11 Å². The zero-order valence-electron chi connectivity index (χ0n) is 8.66. The van der Waals surface area contributed by atoms with E-state index in [0.29, 0.717) is 6.42 Å². The minimum absolute atomic E-state index is 0.00120. The highest BCUT2D eigenvalue weighted by Gasteiger charge is 2.17. The first kappa shape index (κ1) is 12.9. The Morgan fingerprint density at radius 1 is 1.21 bits per heavy atom. The third-order valence-electron chi connectivity index (χ3n) is 2.05. The van der Waals surface area contributed by atoms with E-state index in [2.05, 4.69) is 0 Å². The first-order valence-electron chi connectivity index (χ1n) is 4.55. The molecule has 0 rings (SSSR count). The van der Waals surface area contributed by atoms with Crippen LogP contribution in [0.1, 0.15) is 26.2 Å². The maximum atomic E-state index is 10.7. The van der Waals surface area contributed by atoms with Crippen molar-refractivity contribution in [2.24, 2.45) is 17.4 Å². The molecule has 0 heterocycles. The fourth-order valence-electron chi connectivity index (χ4n) is 1.37. The average Bonchev–Trinajstić information content (AvgIpc) is 2.01. The van der Waals surface area contributed by atoms with Gasteiger partial charge in [-0.3, -0.25) is 9.59 Å². The molecule has 5 heteroatoms. The Kier molecular flexibility index (Phi) is 5.87. The Balaban J connectivity index is 4.09. The lowest BCUT2D eigenvalue weighted by Crippen LogP contribution is -2.24. The summed E-state index contributed by atoms with van der Waals surface area (Å²) in [4.78, 5) is 21.4. The van der Waals surface area contributed by atoms with E-state index in [4.69, 9.17) is 16.2 Å². The number of carbonyl (C=O) groups is 2. The summed E-state index contributed by atoms with van der Waals surface area (Å²) >= 11 is 0. The predicted octanol–water partition coefficient (Wildman–Crippen LogP) is -0.222. The molecule has 0 radical (unpaired) electrons. The number of hydrogen-bond acceptors (Lipinski definition) is 3. The van der Waals surface area contributed by atoms with E-state index in [1.54, 1.807) is 7.11 Å². The Hall–Kier alpha value is -1.10. The number of nitrogens with two attached hydrogens (primary N) is 2. The largest absolute Gasteiger partial charge is 0.382 e. The van der Waals surface area contributed by atoms with Crippen molar-refractivity contribution in [3.8, 4) is 0 Å². The van der Waals surface area contributed by atoms with Gasteiger partial charge in [0.15, 0.2) is 0 Å². The van der Waals surface area contributed by atoms with Gasteiger partial charge < -0.3 is 16.2 Å². The maximum absolute atomic E-state index is 10.7. The van der Waals surface area contributed by atoms with Crippen LogP contribution in [0.3, 0.4) is 0 Å². The normalized spacial score (nSPS) is 12.8. The summed E-state index contributed by atoms with van der Waals surface area (Å²) in [5.74, 6) is -0.945. The van der Waals surface area contributed by atoms with Crippen LogP contribution in [0, 0.1) is 5.92 Å². The zero-order chi connectivity index (χ0) is 11.1. The summed E-state index contributed by atoms with van der Waals surface area (Å²) < 4.78 is 5.04. The van der Waals surface area contributed by atoms with Gasteiger partial charge in [-0.15, -0.1) is 0 Å². The van der Waals surface area contributed by atoms with Gasteiger partial charge in [-0.2, -0.15) is 0 Å². The fraction of sp³-hybridized carbons (Fsp3) is 0.778. The minimum Gasteiger partial charge on any atom is -0.382 e. The van der Waals surface area contributed by atoms with Crippen LogP contribution in [-0.4, -0.2) is 25.0 Å². The summed E-state index contributed by atoms with van der Waals surface area (Å²) in [5.41, 5.74) is 10.1. The second-order valence-corrected chi connectivity index (χ2v) is 3.49. The molecule has 0 saturated heterocycles. The molecule has 1 atom stereocenters. The lowest BCUT2D eigenvalue weighted by Gasteiger charge is -2.17. The van der Waals surface area contributed by atoms with Gasteiger partial charge >= 0.3 is 0 Å². The van der Waals surface area contributed by atoms with Crippen molar-refractivity contribution < 1.29 is 14.3 Å². The molecule has 0 fully saturated rings. The van der Waals surface area contributed by atoms with E-state index >= 15 is 0 Å². The lowest BCUT2D eigenvalue weighted by molar-refractivity contribution is -0.121. The van der Waals surface area contributed by atoms with Gasteiger partial charge in [-0.25, -0.2) is 0 Å². The zero-order valence-corrected chi connectivity index (χ0v) is 8.66. The van der Waals surface area contributed by atoms with Gasteiger partial charge in [0.2, 0.25) is 11.8 Å². The van der Waals surface area contributed by atoms with Crippen LogP contribution in [0.25, 0.3) is 0 Å². The maximum Gasteiger partial charge on any atom is 0.217 e. The average molecular weight is 202 g/mol. The molecule has 5 nitrogen and oxygen atoms in total. The molecule has 0 aliphatic carbocycles. The van der Waals surface area contributed by atoms with Crippen molar-refractivity contribution in [3.63, 3.8) is 0 Å². The number of primary amides is 2. The number of hydrogen-bond donors (Lipinski definition) is 2. The second kappa shape index (κ2) is 6.37. The lowest BCUT2D eigenvalue weighted by atomic mass is 9.94. The van der Waals surface area contributed by atoms with E-state index in [1.165, 1.54) is 0 Å².